The lowest BCUT2D eigenvalue weighted by Gasteiger charge is -2.06. The van der Waals surface area contributed by atoms with Crippen LogP contribution in [0.2, 0.25) is 0 Å². The van der Waals surface area contributed by atoms with Gasteiger partial charge in [0.1, 0.15) is 5.92 Å². The van der Waals surface area contributed by atoms with E-state index in [2.05, 4.69) is 0 Å². The highest BCUT2D eigenvalue weighted by Crippen LogP contribution is 2.09. The first-order valence-electron chi connectivity index (χ1n) is 4.57. The summed E-state index contributed by atoms with van der Waals surface area (Å²) in [6.07, 6.45) is 1.66. The predicted molar refractivity (Wildman–Crippen MR) is 52.4 cm³/mol. The molecule has 2 N–H and O–H groups in total. The monoisotopic (exact) mass is 214 g/mol. The minimum Gasteiger partial charge on any atom is -0.480 e. The highest BCUT2D eigenvalue weighted by molar-refractivity contribution is 6.01. The van der Waals surface area contributed by atoms with Gasteiger partial charge in [0.05, 0.1) is 0 Å². The standard InChI is InChI=1S/C10H14O5/c1-3-4-8(11)7(10(14)15)5-6(2)9(12)13/h5,7H,3-4H2,1-2H3,(H,12,13)(H,14,15). The molecule has 0 aromatic heterocycles. The lowest BCUT2D eigenvalue weighted by atomic mass is 9.98. The van der Waals surface area contributed by atoms with Crippen LogP contribution < -0.4 is 0 Å². The number of ketones is 1. The summed E-state index contributed by atoms with van der Waals surface area (Å²) in [7, 11) is 0. The Kier molecular flexibility index (Phi) is 5.30. The van der Waals surface area contributed by atoms with Crippen molar-refractivity contribution < 1.29 is 24.6 Å². The zero-order valence-electron chi connectivity index (χ0n) is 8.69. The molecule has 0 rings (SSSR count). The van der Waals surface area contributed by atoms with Gasteiger partial charge in [0.25, 0.3) is 0 Å². The fraction of sp³-hybridized carbons (Fsp3) is 0.500. The van der Waals surface area contributed by atoms with Gasteiger partial charge in [0.15, 0.2) is 5.78 Å². The van der Waals surface area contributed by atoms with Crippen molar-refractivity contribution in [3.05, 3.63) is 11.6 Å². The topological polar surface area (TPSA) is 91.7 Å². The SMILES string of the molecule is CCCC(=O)C(C=C(C)C(=O)O)C(=O)O. The van der Waals surface area contributed by atoms with Crippen molar-refractivity contribution in [3.8, 4) is 0 Å². The number of carbonyl (C=O) groups is 3. The first kappa shape index (κ1) is 13.4. The first-order valence-corrected chi connectivity index (χ1v) is 4.57. The van der Waals surface area contributed by atoms with Gasteiger partial charge in [0, 0.05) is 12.0 Å². The fourth-order valence-electron chi connectivity index (χ4n) is 1.03. The number of hydrogen-bond acceptors (Lipinski definition) is 3. The average molecular weight is 214 g/mol. The van der Waals surface area contributed by atoms with E-state index in [9.17, 15) is 14.4 Å². The van der Waals surface area contributed by atoms with E-state index in [0.29, 0.717) is 6.42 Å². The van der Waals surface area contributed by atoms with Crippen LogP contribution in [0.25, 0.3) is 0 Å². The molecular weight excluding hydrogens is 200 g/mol. The molecule has 5 heteroatoms. The Morgan fingerprint density at radius 1 is 1.27 bits per heavy atom. The molecule has 0 aliphatic heterocycles. The van der Waals surface area contributed by atoms with Gasteiger partial charge in [-0.1, -0.05) is 13.0 Å². The van der Waals surface area contributed by atoms with Crippen molar-refractivity contribution in [1.29, 1.82) is 0 Å². The van der Waals surface area contributed by atoms with Crippen LogP contribution in [0.15, 0.2) is 11.6 Å². The molecule has 0 aromatic carbocycles. The molecule has 0 bridgehead atoms. The van der Waals surface area contributed by atoms with Gasteiger partial charge in [-0.25, -0.2) is 4.79 Å². The van der Waals surface area contributed by atoms with E-state index in [1.165, 1.54) is 6.92 Å². The summed E-state index contributed by atoms with van der Waals surface area (Å²) < 4.78 is 0. The van der Waals surface area contributed by atoms with Gasteiger partial charge >= 0.3 is 11.9 Å². The first-order chi connectivity index (χ1) is 6.90. The molecule has 15 heavy (non-hydrogen) atoms. The van der Waals surface area contributed by atoms with Crippen LogP contribution in [-0.2, 0) is 14.4 Å². The normalized spacial score (nSPS) is 13.3. The highest BCUT2D eigenvalue weighted by atomic mass is 16.4. The Bertz CT molecular complexity index is 303. The van der Waals surface area contributed by atoms with Crippen LogP contribution in [0.1, 0.15) is 26.7 Å². The molecule has 0 radical (unpaired) electrons. The second-order valence-electron chi connectivity index (χ2n) is 3.19. The maximum atomic E-state index is 11.3. The third-order valence-electron chi connectivity index (χ3n) is 1.86. The Labute approximate surface area is 87.4 Å². The summed E-state index contributed by atoms with van der Waals surface area (Å²) in [5, 5.41) is 17.3. The van der Waals surface area contributed by atoms with Gasteiger partial charge < -0.3 is 10.2 Å². The third-order valence-corrected chi connectivity index (χ3v) is 1.86. The molecule has 0 saturated carbocycles. The molecular formula is C10H14O5. The van der Waals surface area contributed by atoms with Crippen molar-refractivity contribution in [2.75, 3.05) is 0 Å². The highest BCUT2D eigenvalue weighted by Gasteiger charge is 2.23. The minimum absolute atomic E-state index is 0.133. The van der Waals surface area contributed by atoms with Crippen molar-refractivity contribution in [2.45, 2.75) is 26.7 Å². The van der Waals surface area contributed by atoms with Gasteiger partial charge in [-0.3, -0.25) is 9.59 Å². The molecule has 0 aromatic rings. The number of hydrogen-bond donors (Lipinski definition) is 2. The van der Waals surface area contributed by atoms with E-state index >= 15 is 0 Å². The second kappa shape index (κ2) is 5.95. The number of carboxylic acid groups (broad SMARTS) is 2. The van der Waals surface area contributed by atoms with Crippen molar-refractivity contribution in [1.82, 2.24) is 0 Å². The molecule has 1 unspecified atom stereocenters. The van der Waals surface area contributed by atoms with Crippen LogP contribution in [0, 0.1) is 5.92 Å². The van der Waals surface area contributed by atoms with Crippen LogP contribution in [0.4, 0.5) is 0 Å². The molecule has 5 nitrogen and oxygen atoms in total. The summed E-state index contributed by atoms with van der Waals surface area (Å²) in [5.74, 6) is -4.34. The summed E-state index contributed by atoms with van der Waals surface area (Å²) in [6.45, 7) is 3.02. The molecule has 0 heterocycles. The summed E-state index contributed by atoms with van der Waals surface area (Å²) in [6, 6.07) is 0. The maximum Gasteiger partial charge on any atom is 0.330 e. The molecule has 0 fully saturated rings. The molecule has 0 aliphatic rings. The summed E-state index contributed by atoms with van der Waals surface area (Å²) >= 11 is 0. The van der Waals surface area contributed by atoms with Gasteiger partial charge in [-0.2, -0.15) is 0 Å². The Morgan fingerprint density at radius 3 is 2.13 bits per heavy atom. The van der Waals surface area contributed by atoms with Crippen molar-refractivity contribution in [2.24, 2.45) is 5.92 Å². The molecule has 0 saturated heterocycles. The quantitative estimate of drug-likeness (QED) is 0.510. The van der Waals surface area contributed by atoms with E-state index in [1.807, 2.05) is 0 Å². The van der Waals surface area contributed by atoms with Crippen molar-refractivity contribution in [3.63, 3.8) is 0 Å². The molecule has 0 aliphatic carbocycles. The lowest BCUT2D eigenvalue weighted by Crippen LogP contribution is -2.22. The van der Waals surface area contributed by atoms with E-state index in [0.717, 1.165) is 6.08 Å². The second-order valence-corrected chi connectivity index (χ2v) is 3.19. The summed E-state index contributed by atoms with van der Waals surface area (Å²) in [4.78, 5) is 32.5. The Morgan fingerprint density at radius 2 is 1.80 bits per heavy atom. The fourth-order valence-corrected chi connectivity index (χ4v) is 1.03. The van der Waals surface area contributed by atoms with Crippen LogP contribution in [-0.4, -0.2) is 27.9 Å². The predicted octanol–water partition coefficient (Wildman–Crippen LogP) is 1.09. The maximum absolute atomic E-state index is 11.3. The number of Topliss-reactive ketones (excluding diaryl/α,β-unsaturated/α-hetero) is 1. The van der Waals surface area contributed by atoms with E-state index < -0.39 is 23.6 Å². The van der Waals surface area contributed by atoms with E-state index in [1.54, 1.807) is 6.92 Å². The molecule has 0 spiro atoms. The molecule has 84 valence electrons. The van der Waals surface area contributed by atoms with Gasteiger partial charge in [-0.05, 0) is 13.3 Å². The molecule has 1 atom stereocenters. The molecule has 0 amide bonds. The largest absolute Gasteiger partial charge is 0.480 e. The average Bonchev–Trinajstić information content (AvgIpc) is 2.13. The number of aliphatic carboxylic acids is 2. The lowest BCUT2D eigenvalue weighted by molar-refractivity contribution is -0.144. The van der Waals surface area contributed by atoms with Crippen LogP contribution >= 0.6 is 0 Å². The smallest absolute Gasteiger partial charge is 0.330 e. The number of carboxylic acids is 2. The van der Waals surface area contributed by atoms with Crippen molar-refractivity contribution >= 4 is 17.7 Å². The third kappa shape index (κ3) is 4.39. The summed E-state index contributed by atoms with van der Waals surface area (Å²) in [5.41, 5.74) is -0.133. The van der Waals surface area contributed by atoms with Gasteiger partial charge in [0.2, 0.25) is 0 Å². The zero-order chi connectivity index (χ0) is 12.0. The van der Waals surface area contributed by atoms with Gasteiger partial charge in [-0.15, -0.1) is 0 Å². The van der Waals surface area contributed by atoms with Crippen LogP contribution in [0.5, 0.6) is 0 Å². The number of rotatable bonds is 6. The Balaban J connectivity index is 4.84. The van der Waals surface area contributed by atoms with E-state index in [4.69, 9.17) is 10.2 Å². The minimum atomic E-state index is -1.35. The zero-order valence-corrected chi connectivity index (χ0v) is 8.69. The Hall–Kier alpha value is -1.65. The van der Waals surface area contributed by atoms with E-state index in [-0.39, 0.29) is 12.0 Å². The van der Waals surface area contributed by atoms with Crippen LogP contribution in [0.3, 0.4) is 0 Å². The number of carbonyl (C=O) groups excluding carboxylic acids is 1.